The molecule has 21 heteroatoms. The first-order valence-corrected chi connectivity index (χ1v) is 29.6. The van der Waals surface area contributed by atoms with Crippen LogP contribution in [0.15, 0.2) is 121 Å². The Morgan fingerprint density at radius 1 is 0.329 bits per heavy atom. The van der Waals surface area contributed by atoms with E-state index in [-0.39, 0.29) is 42.2 Å². The maximum absolute atomic E-state index is 12.3. The quantitative estimate of drug-likeness (QED) is 0.169. The molecular weight excluding hydrogens is 1080 g/mol. The number of urea groups is 7. The van der Waals surface area contributed by atoms with Gasteiger partial charge in [-0.3, -0.25) is 19.6 Å². The van der Waals surface area contributed by atoms with Crippen LogP contribution >= 0.6 is 0 Å². The van der Waals surface area contributed by atoms with Crippen molar-refractivity contribution in [2.75, 3.05) is 183 Å². The molecule has 0 radical (unpaired) electrons. The fourth-order valence-corrected chi connectivity index (χ4v) is 8.91. The number of hydrogen-bond donors (Lipinski definition) is 0. The molecule has 4 aliphatic rings. The number of carbonyl (C=O) groups excluding carboxylic acids is 7. The second-order valence-corrected chi connectivity index (χ2v) is 21.1. The highest BCUT2D eigenvalue weighted by Crippen LogP contribution is 2.20. The number of likely N-dealkylation sites (N-methyl/N-ethyl adjacent to an activating group) is 2. The average Bonchev–Trinajstić information content (AvgIpc) is 4.45. The van der Waals surface area contributed by atoms with Gasteiger partial charge in [-0.1, -0.05) is 72.8 Å². The number of rotatable bonds is 8. The van der Waals surface area contributed by atoms with Crippen LogP contribution in [0, 0.1) is 0 Å². The molecule has 4 aliphatic heterocycles. The van der Waals surface area contributed by atoms with E-state index in [0.29, 0.717) is 0 Å². The summed E-state index contributed by atoms with van der Waals surface area (Å²) in [6.07, 6.45) is 5.87. The summed E-state index contributed by atoms with van der Waals surface area (Å²) in [5, 5.41) is 0. The third-order valence-electron chi connectivity index (χ3n) is 14.4. The Morgan fingerprint density at radius 2 is 0.565 bits per heavy atom. The van der Waals surface area contributed by atoms with E-state index in [1.165, 1.54) is 35.5 Å². The van der Waals surface area contributed by atoms with Crippen molar-refractivity contribution < 1.29 is 33.6 Å². The van der Waals surface area contributed by atoms with Gasteiger partial charge >= 0.3 is 42.2 Å². The van der Waals surface area contributed by atoms with Crippen LogP contribution in [0.3, 0.4) is 0 Å². The zero-order chi connectivity index (χ0) is 63.6. The standard InChI is InChI=1S/2C15H16N2O.C9H16N2O.C9H20N2O.C6H12N2O.C5H10N2O.C5H12N2O/c2*1-16(13-9-5-3-6-10-13)15(18)17(2)14-11-7-4-8-12-14;12-9(10-5-1-2-6-10)11-7-3-4-8-11;1-5-10(6-2)9(12)11(7-3)8-4;1-7-4-3-5-8(2)6(7)9;1-6-3-4-7(2)5(6)8;1-6(2)5(8)7(3)4/h2*3-12H,1-2H3;1-8H2;5-8H2,1-4H3;3-5H2,1-2H3;3-4H2,1-2H3;1-4H3. The number of para-hydroxylation sites is 4. The van der Waals surface area contributed by atoms with Crippen molar-refractivity contribution in [2.45, 2.75) is 59.8 Å². The summed E-state index contributed by atoms with van der Waals surface area (Å²) in [4.78, 5) is 104. The van der Waals surface area contributed by atoms with Gasteiger partial charge in [0.05, 0.1) is 0 Å². The molecule has 0 atom stereocenters. The predicted octanol–water partition coefficient (Wildman–Crippen LogP) is 10.4. The van der Waals surface area contributed by atoms with Crippen LogP contribution in [0.1, 0.15) is 59.8 Å². The molecule has 4 fully saturated rings. The molecule has 0 bridgehead atoms. The fraction of sp³-hybridized carbons (Fsp3) is 0.516. The molecule has 4 heterocycles. The lowest BCUT2D eigenvalue weighted by molar-refractivity contribution is 0.153. The monoisotopic (exact) mass is 1180 g/mol. The molecule has 0 N–H and O–H groups in total. The minimum Gasteiger partial charge on any atom is -0.331 e. The molecule has 4 aromatic rings. The van der Waals surface area contributed by atoms with Crippen LogP contribution in [0.5, 0.6) is 0 Å². The van der Waals surface area contributed by atoms with Crippen LogP contribution < -0.4 is 19.6 Å². The molecule has 0 spiro atoms. The first-order chi connectivity index (χ1) is 40.5. The number of carbonyl (C=O) groups is 7. The van der Waals surface area contributed by atoms with Gasteiger partial charge in [-0.05, 0) is 108 Å². The maximum Gasteiger partial charge on any atom is 0.328 e. The van der Waals surface area contributed by atoms with Gasteiger partial charge in [0, 0.05) is 186 Å². The fourth-order valence-electron chi connectivity index (χ4n) is 8.91. The number of benzene rings is 4. The maximum atomic E-state index is 12.3. The lowest BCUT2D eigenvalue weighted by Gasteiger charge is -2.30. The van der Waals surface area contributed by atoms with E-state index in [2.05, 4.69) is 0 Å². The summed E-state index contributed by atoms with van der Waals surface area (Å²) < 4.78 is 0. The normalized spacial score (nSPS) is 13.8. The van der Waals surface area contributed by atoms with E-state index in [9.17, 15) is 33.6 Å². The van der Waals surface area contributed by atoms with Crippen molar-refractivity contribution in [3.63, 3.8) is 0 Å². The minimum absolute atomic E-state index is 0.0185. The average molecular weight is 1180 g/mol. The van der Waals surface area contributed by atoms with Gasteiger partial charge in [-0.25, -0.2) is 33.6 Å². The van der Waals surface area contributed by atoms with Crippen molar-refractivity contribution in [3.8, 4) is 0 Å². The van der Waals surface area contributed by atoms with Crippen molar-refractivity contribution in [3.05, 3.63) is 121 Å². The van der Waals surface area contributed by atoms with Gasteiger partial charge in [-0.15, -0.1) is 0 Å². The number of likely N-dealkylation sites (tertiary alicyclic amines) is 2. The van der Waals surface area contributed by atoms with Gasteiger partial charge in [0.2, 0.25) is 0 Å². The van der Waals surface area contributed by atoms with Crippen LogP contribution in [-0.2, 0) is 0 Å². The van der Waals surface area contributed by atoms with Crippen LogP contribution in [0.4, 0.5) is 56.3 Å². The van der Waals surface area contributed by atoms with Crippen molar-refractivity contribution in [1.29, 1.82) is 0 Å². The largest absolute Gasteiger partial charge is 0.331 e. The number of amides is 14. The molecule has 8 rings (SSSR count). The summed E-state index contributed by atoms with van der Waals surface area (Å²) in [7, 11) is 21.3. The van der Waals surface area contributed by atoms with Gasteiger partial charge < -0.3 is 49.0 Å². The van der Waals surface area contributed by atoms with Gasteiger partial charge in [-0.2, -0.15) is 0 Å². The smallest absolute Gasteiger partial charge is 0.328 e. The van der Waals surface area contributed by atoms with Crippen LogP contribution in [0.25, 0.3) is 0 Å². The second-order valence-electron chi connectivity index (χ2n) is 21.1. The van der Waals surface area contributed by atoms with Crippen molar-refractivity contribution >= 4 is 65.0 Å². The topological polar surface area (TPSA) is 165 Å². The van der Waals surface area contributed by atoms with Crippen molar-refractivity contribution in [2.24, 2.45) is 0 Å². The van der Waals surface area contributed by atoms with Crippen LogP contribution in [-0.4, -0.2) is 254 Å². The lowest BCUT2D eigenvalue weighted by atomic mass is 10.3. The summed E-state index contributed by atoms with van der Waals surface area (Å²) in [5.41, 5.74) is 3.52. The van der Waals surface area contributed by atoms with Gasteiger partial charge in [0.25, 0.3) is 0 Å². The summed E-state index contributed by atoms with van der Waals surface area (Å²) >= 11 is 0. The van der Waals surface area contributed by atoms with E-state index in [0.717, 1.165) is 108 Å². The molecular formula is C64H102N14O7. The Kier molecular flexibility index (Phi) is 33.7. The molecule has 0 saturated carbocycles. The Balaban J connectivity index is 0.000000347. The molecule has 0 unspecified atom stereocenters. The highest BCUT2D eigenvalue weighted by atomic mass is 16.2. The minimum atomic E-state index is -0.0626. The van der Waals surface area contributed by atoms with Gasteiger partial charge in [0.1, 0.15) is 0 Å². The SMILES string of the molecule is CCN(CC)C(=O)N(CC)CC.CN(C(=O)N(C)c1ccccc1)c1ccccc1.CN(C(=O)N(C)c1ccccc1)c1ccccc1.CN(C)C(=O)N(C)C.CN1CCCN(C)C1=O.CN1CCN(C)C1=O.O=C(N1CCCC1)N1CCCC1. The number of anilines is 4. The van der Waals surface area contributed by atoms with E-state index >= 15 is 0 Å². The Labute approximate surface area is 509 Å². The van der Waals surface area contributed by atoms with E-state index in [1.54, 1.807) is 95.6 Å². The molecule has 0 aliphatic carbocycles. The Hall–Kier alpha value is -8.23. The zero-order valence-corrected chi connectivity index (χ0v) is 54.2. The molecule has 14 amide bonds. The van der Waals surface area contributed by atoms with Crippen LogP contribution in [0.2, 0.25) is 0 Å². The van der Waals surface area contributed by atoms with Gasteiger partial charge in [0.15, 0.2) is 0 Å². The highest BCUT2D eigenvalue weighted by molar-refractivity contribution is 6.03. The Bertz CT molecular complexity index is 2270. The number of nitrogens with zero attached hydrogens (tertiary/aromatic N) is 14. The van der Waals surface area contributed by atoms with E-state index in [4.69, 9.17) is 0 Å². The molecule has 85 heavy (non-hydrogen) atoms. The second kappa shape index (κ2) is 39.3. The van der Waals surface area contributed by atoms with E-state index < -0.39 is 0 Å². The third-order valence-corrected chi connectivity index (χ3v) is 14.4. The summed E-state index contributed by atoms with van der Waals surface area (Å²) in [5.74, 6) is 0. The lowest BCUT2D eigenvalue weighted by Crippen LogP contribution is -2.44. The summed E-state index contributed by atoms with van der Waals surface area (Å²) in [6, 6.07) is 39.0. The summed E-state index contributed by atoms with van der Waals surface area (Å²) in [6.45, 7) is 18.7. The van der Waals surface area contributed by atoms with E-state index in [1.807, 2.05) is 197 Å². The highest BCUT2D eigenvalue weighted by Gasteiger charge is 2.26. The molecule has 4 aromatic carbocycles. The third kappa shape index (κ3) is 24.9. The molecule has 470 valence electrons. The zero-order valence-electron chi connectivity index (χ0n) is 54.2. The Morgan fingerprint density at radius 3 is 0.753 bits per heavy atom. The first kappa shape index (κ1) is 72.9. The molecule has 4 saturated heterocycles. The first-order valence-electron chi connectivity index (χ1n) is 29.6. The molecule has 0 aromatic heterocycles. The number of hydrogen-bond acceptors (Lipinski definition) is 7. The van der Waals surface area contributed by atoms with Crippen molar-refractivity contribution in [1.82, 2.24) is 49.0 Å². The predicted molar refractivity (Wildman–Crippen MR) is 347 cm³/mol. The molecule has 21 nitrogen and oxygen atoms in total.